The molecule has 5 aromatic rings. The van der Waals surface area contributed by atoms with E-state index in [1.54, 1.807) is 0 Å². The van der Waals surface area contributed by atoms with Gasteiger partial charge in [0.2, 0.25) is 0 Å². The molecule has 0 aliphatic rings. The van der Waals surface area contributed by atoms with Crippen molar-refractivity contribution in [3.8, 4) is 5.75 Å². The summed E-state index contributed by atoms with van der Waals surface area (Å²) in [6, 6.07) is 31.7. The van der Waals surface area contributed by atoms with Gasteiger partial charge in [0.1, 0.15) is 5.75 Å². The van der Waals surface area contributed by atoms with Crippen LogP contribution in [0.1, 0.15) is 27.7 Å². The van der Waals surface area contributed by atoms with Crippen LogP contribution in [0.5, 0.6) is 5.75 Å². The van der Waals surface area contributed by atoms with Crippen molar-refractivity contribution in [3.05, 3.63) is 99.9 Å². The number of para-hydroxylation sites is 1. The summed E-state index contributed by atoms with van der Waals surface area (Å²) < 4.78 is 16.9. The molecule has 6 heteroatoms. The van der Waals surface area contributed by atoms with Crippen LogP contribution in [-0.2, 0) is 6.54 Å². The fourth-order valence-electron chi connectivity index (χ4n) is 4.69. The van der Waals surface area contributed by atoms with Gasteiger partial charge in [-0.05, 0) is 79.7 Å². The summed E-state index contributed by atoms with van der Waals surface area (Å²) in [5.74, 6) is 0.818. The van der Waals surface area contributed by atoms with Gasteiger partial charge in [0.15, 0.2) is 7.28 Å². The minimum absolute atomic E-state index is 0.260. The Hall–Kier alpha value is -2.33. The minimum Gasteiger partial charge on any atom is -0.455 e. The Balaban J connectivity index is 1.83. The van der Waals surface area contributed by atoms with E-state index in [1.165, 1.54) is 21.8 Å². The Kier molecular flexibility index (Phi) is 6.93. The second-order valence-corrected chi connectivity index (χ2v) is 15.1. The van der Waals surface area contributed by atoms with Gasteiger partial charge in [0.25, 0.3) is 0 Å². The number of hydrogen-bond acceptors (Lipinski definition) is 2. The van der Waals surface area contributed by atoms with E-state index >= 15 is 0 Å². The van der Waals surface area contributed by atoms with Gasteiger partial charge in [-0.2, -0.15) is 0 Å². The van der Waals surface area contributed by atoms with E-state index < -0.39 is 7.28 Å². The molecule has 0 aliphatic heterocycles. The zero-order valence-corrected chi connectivity index (χ0v) is 24.9. The highest BCUT2D eigenvalue weighted by Gasteiger charge is 2.39. The molecule has 1 heterocycles. The van der Waals surface area contributed by atoms with Crippen molar-refractivity contribution >= 4 is 71.9 Å². The smallest absolute Gasteiger partial charge is 0.173 e. The first kappa shape index (κ1) is 25.3. The summed E-state index contributed by atoms with van der Waals surface area (Å²) in [6.45, 7) is 9.83. The Morgan fingerprint density at radius 3 is 2.03 bits per heavy atom. The van der Waals surface area contributed by atoms with E-state index in [0.29, 0.717) is 0 Å². The fraction of sp³-hybridized carbons (Fsp3) is 0.200. The van der Waals surface area contributed by atoms with Gasteiger partial charge in [-0.3, -0.25) is 0 Å². The first-order valence-corrected chi connectivity index (χ1v) is 15.3. The number of nitrogens with zero attached hydrogens (tertiary/aromatic N) is 2. The summed E-state index contributed by atoms with van der Waals surface area (Å²) in [5, 5.41) is 3.37. The minimum atomic E-state index is -2.60. The lowest BCUT2D eigenvalue weighted by Gasteiger charge is -2.37. The van der Waals surface area contributed by atoms with E-state index in [2.05, 4.69) is 119 Å². The molecule has 0 amide bonds. The van der Waals surface area contributed by atoms with Crippen molar-refractivity contribution in [2.24, 2.45) is 4.74 Å². The van der Waals surface area contributed by atoms with Crippen LogP contribution in [0.3, 0.4) is 0 Å². The van der Waals surface area contributed by atoms with Crippen LogP contribution in [0, 0.1) is 0 Å². The van der Waals surface area contributed by atoms with E-state index in [0.717, 1.165) is 32.2 Å². The number of rotatable bonds is 5. The molecule has 0 saturated heterocycles. The van der Waals surface area contributed by atoms with Crippen LogP contribution < -0.4 is 9.83 Å². The molecule has 0 spiro atoms. The average molecular weight is 624 g/mol. The Labute approximate surface area is 229 Å². The van der Waals surface area contributed by atoms with Crippen LogP contribution in [0.25, 0.3) is 21.8 Å². The molecule has 0 bridgehead atoms. The largest absolute Gasteiger partial charge is 0.455 e. The Morgan fingerprint density at radius 1 is 0.778 bits per heavy atom. The maximum absolute atomic E-state index is 7.04. The number of hydrogen-bond donors (Lipinski definition) is 0. The highest BCUT2D eigenvalue weighted by molar-refractivity contribution is 9.10. The third-order valence-electron chi connectivity index (χ3n) is 6.47. The van der Waals surface area contributed by atoms with Gasteiger partial charge in [-0.25, -0.2) is 4.74 Å². The van der Waals surface area contributed by atoms with Crippen molar-refractivity contribution in [3.63, 3.8) is 0 Å². The van der Waals surface area contributed by atoms with Crippen molar-refractivity contribution in [2.45, 2.75) is 39.4 Å². The molecule has 0 fully saturated rings. The quantitative estimate of drug-likeness (QED) is 0.179. The monoisotopic (exact) mass is 622 g/mol. The van der Waals surface area contributed by atoms with Crippen LogP contribution in [0.4, 0.5) is 5.69 Å². The van der Waals surface area contributed by atoms with Gasteiger partial charge in [0.05, 0.1) is 5.69 Å². The number of aryl methyl sites for hydroxylation is 1. The third kappa shape index (κ3) is 4.58. The van der Waals surface area contributed by atoms with Crippen LogP contribution in [0.2, 0.25) is 0 Å². The van der Waals surface area contributed by atoms with Crippen LogP contribution in [0.15, 0.2) is 105 Å². The zero-order chi connectivity index (χ0) is 25.5. The first-order valence-electron chi connectivity index (χ1n) is 12.1. The average Bonchev–Trinajstić information content (AvgIpc) is 3.18. The highest BCUT2D eigenvalue weighted by Crippen LogP contribution is 2.62. The molecule has 0 N–H and O–H groups in total. The van der Waals surface area contributed by atoms with E-state index in [9.17, 15) is 0 Å². The summed E-state index contributed by atoms with van der Waals surface area (Å²) in [7, 11) is -2.60. The molecule has 4 aromatic carbocycles. The summed E-state index contributed by atoms with van der Waals surface area (Å²) in [6.07, 6.45) is 0. The van der Waals surface area contributed by atoms with Gasteiger partial charge in [-0.1, -0.05) is 70.8 Å². The molecule has 0 radical (unpaired) electrons. The molecule has 1 aromatic heterocycles. The zero-order valence-electron chi connectivity index (χ0n) is 20.9. The van der Waals surface area contributed by atoms with Crippen LogP contribution >= 0.6 is 39.1 Å². The number of halogens is 2. The Morgan fingerprint density at radius 2 is 1.39 bits per heavy atom. The molecule has 0 aliphatic carbocycles. The molecular weight excluding hydrogens is 595 g/mol. The Bertz CT molecular complexity index is 1600. The lowest BCUT2D eigenvalue weighted by atomic mass is 10.1. The van der Waals surface area contributed by atoms with Gasteiger partial charge >= 0.3 is 0 Å². The lowest BCUT2D eigenvalue weighted by molar-refractivity contribution is 0.571. The van der Waals surface area contributed by atoms with E-state index in [4.69, 9.17) is 9.27 Å². The summed E-state index contributed by atoms with van der Waals surface area (Å²) in [5.41, 5.74) is 3.40. The maximum Gasteiger partial charge on any atom is 0.173 e. The van der Waals surface area contributed by atoms with E-state index in [-0.39, 0.29) is 5.16 Å². The summed E-state index contributed by atoms with van der Waals surface area (Å²) in [4.78, 5) is 0. The first-order chi connectivity index (χ1) is 17.2. The van der Waals surface area contributed by atoms with Crippen molar-refractivity contribution in [1.82, 2.24) is 4.57 Å². The predicted molar refractivity (Wildman–Crippen MR) is 162 cm³/mol. The molecule has 184 valence electrons. The summed E-state index contributed by atoms with van der Waals surface area (Å²) >= 11 is 7.11. The third-order valence-corrected chi connectivity index (χ3v) is 11.3. The molecule has 1 atom stereocenters. The van der Waals surface area contributed by atoms with Crippen molar-refractivity contribution in [1.29, 1.82) is 0 Å². The number of fused-ring (bicyclic) bond motifs is 3. The van der Waals surface area contributed by atoms with Crippen molar-refractivity contribution in [2.75, 3.05) is 0 Å². The highest BCUT2D eigenvalue weighted by atomic mass is 79.9. The van der Waals surface area contributed by atoms with Gasteiger partial charge in [-0.15, -0.1) is 0 Å². The van der Waals surface area contributed by atoms with Gasteiger partial charge < -0.3 is 9.09 Å². The normalized spacial score (nSPS) is 13.6. The molecule has 5 rings (SSSR count). The standard InChI is InChI=1S/C30H29Br2N2OP/c1-5-34-28-9-7-6-8-26(28)27-20-25(18-19-29(27)34)36(30(2,3)4,33-23-14-10-21(31)11-15-23)35-24-16-12-22(32)13-17-24/h6-20H,5H2,1-4H3/t36-/m0/s1. The topological polar surface area (TPSA) is 26.5 Å². The lowest BCUT2D eigenvalue weighted by Crippen LogP contribution is -2.27. The number of benzene rings is 4. The molecule has 0 unspecified atom stereocenters. The fourth-order valence-corrected chi connectivity index (χ4v) is 8.30. The number of aromatic nitrogens is 1. The molecule has 36 heavy (non-hydrogen) atoms. The molecular formula is C30H29Br2N2OP. The van der Waals surface area contributed by atoms with Gasteiger partial charge in [0, 0.05) is 47.8 Å². The van der Waals surface area contributed by atoms with Crippen LogP contribution in [-0.4, -0.2) is 9.72 Å². The molecule has 3 nitrogen and oxygen atoms in total. The second-order valence-electron chi connectivity index (χ2n) is 9.83. The van der Waals surface area contributed by atoms with E-state index in [1.807, 2.05) is 36.4 Å². The van der Waals surface area contributed by atoms with Crippen molar-refractivity contribution < 1.29 is 4.52 Å². The second kappa shape index (κ2) is 9.85. The maximum atomic E-state index is 7.04. The SMILES string of the molecule is CCn1c2ccccc2c2cc([P@](=Nc3ccc(Br)cc3)(Oc3ccc(Br)cc3)C(C)(C)C)ccc21. The molecule has 0 saturated carbocycles. The predicted octanol–water partition coefficient (Wildman–Crippen LogP) is 10.3.